The molecule has 0 spiro atoms. The fourth-order valence-electron chi connectivity index (χ4n) is 3.82. The smallest absolute Gasteiger partial charge is 0.314 e. The molecule has 2 fully saturated rings. The van der Waals surface area contributed by atoms with Gasteiger partial charge in [0, 0.05) is 0 Å². The number of allylic oxidation sites excluding steroid dienone is 1. The summed E-state index contributed by atoms with van der Waals surface area (Å²) in [6.07, 6.45) is -7.99. The third-order valence-electron chi connectivity index (χ3n) is 6.06. The summed E-state index contributed by atoms with van der Waals surface area (Å²) in [5.74, 6) is -1.54. The van der Waals surface area contributed by atoms with E-state index in [9.17, 15) is 30.3 Å². The molecule has 0 aromatic heterocycles. The van der Waals surface area contributed by atoms with Crippen molar-refractivity contribution in [2.75, 3.05) is 19.8 Å². The molecule has 4 bridgehead atoms. The van der Waals surface area contributed by atoms with E-state index in [2.05, 4.69) is 6.92 Å². The lowest BCUT2D eigenvalue weighted by Crippen LogP contribution is -2.61. The van der Waals surface area contributed by atoms with Gasteiger partial charge in [0.15, 0.2) is 18.9 Å². The number of ether oxygens (including phenoxy) is 5. The maximum atomic E-state index is 12.4. The number of hydrogen-bond donors (Lipinski definition) is 5. The van der Waals surface area contributed by atoms with Crippen LogP contribution in [-0.4, -0.2) is 101 Å². The summed E-state index contributed by atoms with van der Waals surface area (Å²) < 4.78 is 27.1. The molecule has 0 unspecified atom stereocenters. The fraction of sp³-hybridized carbons (Fsp3) is 0.857. The van der Waals surface area contributed by atoms with Gasteiger partial charge in [-0.2, -0.15) is 0 Å². The lowest BCUT2D eigenvalue weighted by Gasteiger charge is -2.43. The molecular formula is C21H34O11. The molecule has 0 amide bonds. The number of rotatable bonds is 0. The Hall–Kier alpha value is -1.15. The molecule has 0 aromatic rings. The molecule has 10 atom stereocenters. The van der Waals surface area contributed by atoms with Gasteiger partial charge in [-0.15, -0.1) is 0 Å². The first-order valence-electron chi connectivity index (χ1n) is 11.0. The maximum Gasteiger partial charge on any atom is 0.314 e. The van der Waals surface area contributed by atoms with Crippen molar-refractivity contribution in [2.24, 2.45) is 11.8 Å². The maximum absolute atomic E-state index is 12.4. The summed E-state index contributed by atoms with van der Waals surface area (Å²) >= 11 is 0. The summed E-state index contributed by atoms with van der Waals surface area (Å²) in [6.45, 7) is 3.90. The number of aliphatic hydroxyl groups is 5. The van der Waals surface area contributed by atoms with Gasteiger partial charge in [-0.05, 0) is 37.7 Å². The van der Waals surface area contributed by atoms with Crippen LogP contribution in [0.2, 0.25) is 0 Å². The molecule has 4 aliphatic rings. The number of fused-ring (bicyclic) bond motifs is 11. The third kappa shape index (κ3) is 6.04. The van der Waals surface area contributed by atoms with Crippen LogP contribution in [0.4, 0.5) is 0 Å². The Morgan fingerprint density at radius 1 is 0.844 bits per heavy atom. The number of carbonyl (C=O) groups is 1. The zero-order valence-corrected chi connectivity index (χ0v) is 18.3. The first-order chi connectivity index (χ1) is 15.2. The van der Waals surface area contributed by atoms with Crippen molar-refractivity contribution in [1.82, 2.24) is 0 Å². The molecule has 2 saturated heterocycles. The molecule has 184 valence electrons. The largest absolute Gasteiger partial charge is 0.461 e. The van der Waals surface area contributed by atoms with Gasteiger partial charge < -0.3 is 49.2 Å². The predicted molar refractivity (Wildman–Crippen MR) is 107 cm³/mol. The fourth-order valence-corrected chi connectivity index (χ4v) is 3.82. The normalized spacial score (nSPS) is 46.8. The van der Waals surface area contributed by atoms with Crippen molar-refractivity contribution in [3.63, 3.8) is 0 Å². The van der Waals surface area contributed by atoms with Crippen molar-refractivity contribution < 1.29 is 54.0 Å². The second kappa shape index (κ2) is 11.3. The van der Waals surface area contributed by atoms with Crippen LogP contribution in [0.15, 0.2) is 11.6 Å². The molecule has 11 heteroatoms. The Labute approximate surface area is 186 Å². The van der Waals surface area contributed by atoms with Crippen molar-refractivity contribution >= 4 is 5.97 Å². The van der Waals surface area contributed by atoms with Gasteiger partial charge in [0.1, 0.15) is 43.0 Å². The first kappa shape index (κ1) is 25.5. The van der Waals surface area contributed by atoms with Crippen LogP contribution in [0.3, 0.4) is 0 Å². The quantitative estimate of drug-likeness (QED) is 0.217. The van der Waals surface area contributed by atoms with Gasteiger partial charge in [0.05, 0.1) is 13.2 Å². The molecule has 0 aromatic carbocycles. The highest BCUT2D eigenvalue weighted by Crippen LogP contribution is 2.29. The van der Waals surface area contributed by atoms with Crippen LogP contribution < -0.4 is 0 Å². The zero-order chi connectivity index (χ0) is 23.4. The van der Waals surface area contributed by atoms with E-state index < -0.39 is 61.3 Å². The number of aliphatic hydroxyl groups excluding tert-OH is 5. The predicted octanol–water partition coefficient (Wildman–Crippen LogP) is -1.21. The van der Waals surface area contributed by atoms with E-state index in [0.29, 0.717) is 12.3 Å². The van der Waals surface area contributed by atoms with E-state index in [1.807, 2.05) is 13.0 Å². The van der Waals surface area contributed by atoms with E-state index in [1.54, 1.807) is 0 Å². The van der Waals surface area contributed by atoms with Crippen LogP contribution in [0, 0.1) is 11.8 Å². The topological polar surface area (TPSA) is 164 Å². The third-order valence-corrected chi connectivity index (χ3v) is 6.06. The Kier molecular flexibility index (Phi) is 9.01. The highest BCUT2D eigenvalue weighted by atomic mass is 16.8. The average molecular weight is 462 g/mol. The molecule has 11 nitrogen and oxygen atoms in total. The van der Waals surface area contributed by atoms with Crippen LogP contribution >= 0.6 is 0 Å². The molecule has 0 aliphatic carbocycles. The molecule has 32 heavy (non-hydrogen) atoms. The lowest BCUT2D eigenvalue weighted by atomic mass is 9.95. The van der Waals surface area contributed by atoms with Crippen LogP contribution in [0.5, 0.6) is 0 Å². The molecule has 5 N–H and O–H groups in total. The molecular weight excluding hydrogens is 428 g/mol. The minimum Gasteiger partial charge on any atom is -0.461 e. The van der Waals surface area contributed by atoms with Gasteiger partial charge in [-0.25, -0.2) is 0 Å². The molecule has 4 rings (SSSR count). The summed E-state index contributed by atoms with van der Waals surface area (Å²) in [5, 5.41) is 51.4. The van der Waals surface area contributed by atoms with Crippen molar-refractivity contribution in [3.05, 3.63) is 11.6 Å². The Balaban J connectivity index is 1.76. The van der Waals surface area contributed by atoms with E-state index in [4.69, 9.17) is 23.7 Å². The van der Waals surface area contributed by atoms with E-state index >= 15 is 0 Å². The standard InChI is InChI=1S/C21H34O11/c1-10-4-3-5-11(2)8-29-18(27)12-9-30-20(15(24)13(12)22)32-21-17(26)14(23)16(25)19(31-21)28-7-6-10/h5,10,12-17,19-26H,3-4,6-9H2,1-2H3/b11-5+/t10-,12-,13+,14-,15+,16+,17-,19+,20-,21+/m0/s1. The summed E-state index contributed by atoms with van der Waals surface area (Å²) in [6, 6.07) is 0. The zero-order valence-electron chi connectivity index (χ0n) is 18.3. The number of esters is 1. The van der Waals surface area contributed by atoms with Gasteiger partial charge in [0.25, 0.3) is 0 Å². The van der Waals surface area contributed by atoms with Crippen molar-refractivity contribution in [1.29, 1.82) is 0 Å². The van der Waals surface area contributed by atoms with Gasteiger partial charge in [-0.3, -0.25) is 4.79 Å². The first-order valence-corrected chi connectivity index (χ1v) is 11.0. The highest BCUT2D eigenvalue weighted by Gasteiger charge is 2.49. The van der Waals surface area contributed by atoms with Crippen molar-refractivity contribution in [3.8, 4) is 0 Å². The Bertz CT molecular complexity index is 656. The van der Waals surface area contributed by atoms with Crippen LogP contribution in [0.1, 0.15) is 33.1 Å². The minimum absolute atomic E-state index is 0.0646. The van der Waals surface area contributed by atoms with Gasteiger partial charge in [0.2, 0.25) is 0 Å². The monoisotopic (exact) mass is 462 g/mol. The van der Waals surface area contributed by atoms with Crippen LogP contribution in [0.25, 0.3) is 0 Å². The van der Waals surface area contributed by atoms with Gasteiger partial charge >= 0.3 is 5.97 Å². The second-order valence-corrected chi connectivity index (χ2v) is 8.77. The second-order valence-electron chi connectivity index (χ2n) is 8.77. The average Bonchev–Trinajstić information content (AvgIpc) is 2.76. The lowest BCUT2D eigenvalue weighted by molar-refractivity contribution is -0.389. The SMILES string of the molecule is C/C1=C\CC[C@H](C)CCO[C@@H]2O[C@H](O[C@@H]3OC[C@H](C(=O)OC1)[C@@H](O)[C@H]3O)[C@@H](O)[C@@H](O)[C@H]2O. The van der Waals surface area contributed by atoms with E-state index in [-0.39, 0.29) is 19.8 Å². The van der Waals surface area contributed by atoms with Gasteiger partial charge in [-0.1, -0.05) is 13.0 Å². The summed E-state index contributed by atoms with van der Waals surface area (Å²) in [5.41, 5.74) is 0.862. The minimum atomic E-state index is -1.66. The van der Waals surface area contributed by atoms with Crippen LogP contribution in [-0.2, 0) is 28.5 Å². The summed E-state index contributed by atoms with van der Waals surface area (Å²) in [4.78, 5) is 12.4. The summed E-state index contributed by atoms with van der Waals surface area (Å²) in [7, 11) is 0. The Morgan fingerprint density at radius 2 is 1.47 bits per heavy atom. The molecule has 4 aliphatic heterocycles. The number of carbonyl (C=O) groups excluding carboxylic acids is 1. The molecule has 0 saturated carbocycles. The molecule has 0 radical (unpaired) electrons. The Morgan fingerprint density at radius 3 is 2.19 bits per heavy atom. The van der Waals surface area contributed by atoms with E-state index in [0.717, 1.165) is 18.4 Å². The molecule has 4 heterocycles. The van der Waals surface area contributed by atoms with E-state index in [1.165, 1.54) is 0 Å². The number of hydrogen-bond acceptors (Lipinski definition) is 11. The highest BCUT2D eigenvalue weighted by molar-refractivity contribution is 5.73. The van der Waals surface area contributed by atoms with Crippen molar-refractivity contribution in [2.45, 2.75) is 82.5 Å².